The van der Waals surface area contributed by atoms with E-state index in [9.17, 15) is 0 Å². The summed E-state index contributed by atoms with van der Waals surface area (Å²) in [6, 6.07) is 0. The van der Waals surface area contributed by atoms with E-state index in [1.807, 2.05) is 0 Å². The van der Waals surface area contributed by atoms with Crippen LogP contribution in [-0.2, 0) is 0 Å². The molecule has 3 aliphatic carbocycles. The van der Waals surface area contributed by atoms with Crippen LogP contribution in [0.15, 0.2) is 24.3 Å². The molecule has 0 radical (unpaired) electrons. The van der Waals surface area contributed by atoms with Gasteiger partial charge in [-0.05, 0) is 87.9 Å². The molecule has 0 N–H and O–H groups in total. The Hall–Kier alpha value is -0.520. The molecular weight excluding hydrogens is 252 g/mol. The van der Waals surface area contributed by atoms with Gasteiger partial charge in [0.25, 0.3) is 0 Å². The lowest BCUT2D eigenvalue weighted by Gasteiger charge is -2.38. The van der Waals surface area contributed by atoms with Crippen LogP contribution in [0.4, 0.5) is 0 Å². The van der Waals surface area contributed by atoms with Crippen molar-refractivity contribution in [2.24, 2.45) is 29.6 Å². The third-order valence-corrected chi connectivity index (χ3v) is 6.57. The molecular formula is C21H34. The molecule has 0 bridgehead atoms. The Labute approximate surface area is 132 Å². The molecule has 0 aromatic heterocycles. The molecule has 0 amide bonds. The summed E-state index contributed by atoms with van der Waals surface area (Å²) in [4.78, 5) is 0. The van der Waals surface area contributed by atoms with Crippen molar-refractivity contribution in [1.29, 1.82) is 0 Å². The fourth-order valence-electron chi connectivity index (χ4n) is 4.84. The van der Waals surface area contributed by atoms with Gasteiger partial charge in [-0.1, -0.05) is 43.6 Å². The van der Waals surface area contributed by atoms with E-state index in [1.165, 1.54) is 57.8 Å². The highest BCUT2D eigenvalue weighted by atomic mass is 14.4. The molecule has 0 aliphatic heterocycles. The third kappa shape index (κ3) is 4.24. The van der Waals surface area contributed by atoms with Crippen LogP contribution in [0.1, 0.15) is 77.6 Å². The normalized spacial score (nSPS) is 38.9. The van der Waals surface area contributed by atoms with Crippen molar-refractivity contribution in [2.45, 2.75) is 77.6 Å². The summed E-state index contributed by atoms with van der Waals surface area (Å²) in [7, 11) is 0. The van der Waals surface area contributed by atoms with Crippen molar-refractivity contribution < 1.29 is 0 Å². The van der Waals surface area contributed by atoms with Gasteiger partial charge in [0, 0.05) is 0 Å². The molecule has 3 saturated carbocycles. The molecule has 3 fully saturated rings. The van der Waals surface area contributed by atoms with Gasteiger partial charge >= 0.3 is 0 Å². The Bertz CT molecular complexity index is 344. The highest BCUT2D eigenvalue weighted by Crippen LogP contribution is 2.42. The number of rotatable bonds is 4. The highest BCUT2D eigenvalue weighted by molar-refractivity contribution is 4.98. The summed E-state index contributed by atoms with van der Waals surface area (Å²) in [6.07, 6.45) is 26.1. The summed E-state index contributed by atoms with van der Waals surface area (Å²) in [5, 5.41) is 0. The quantitative estimate of drug-likeness (QED) is 0.515. The van der Waals surface area contributed by atoms with Crippen molar-refractivity contribution in [3.8, 4) is 0 Å². The predicted octanol–water partition coefficient (Wildman–Crippen LogP) is 6.53. The van der Waals surface area contributed by atoms with Crippen molar-refractivity contribution in [2.75, 3.05) is 0 Å². The van der Waals surface area contributed by atoms with Crippen LogP contribution in [0.25, 0.3) is 0 Å². The number of hydrogen-bond donors (Lipinski definition) is 0. The van der Waals surface area contributed by atoms with Crippen LogP contribution in [0.5, 0.6) is 0 Å². The lowest BCUT2D eigenvalue weighted by atomic mass is 9.68. The van der Waals surface area contributed by atoms with Crippen LogP contribution in [-0.4, -0.2) is 0 Å². The van der Waals surface area contributed by atoms with Crippen molar-refractivity contribution in [3.05, 3.63) is 24.3 Å². The second kappa shape index (κ2) is 7.65. The zero-order chi connectivity index (χ0) is 14.5. The van der Waals surface area contributed by atoms with Gasteiger partial charge in [0.05, 0.1) is 0 Å². The Balaban J connectivity index is 1.37. The molecule has 0 atom stereocenters. The minimum absolute atomic E-state index is 0.873. The van der Waals surface area contributed by atoms with Crippen molar-refractivity contribution >= 4 is 0 Å². The lowest BCUT2D eigenvalue weighted by molar-refractivity contribution is 0.149. The first kappa shape index (κ1) is 15.4. The average Bonchev–Trinajstić information content (AvgIpc) is 2.47. The van der Waals surface area contributed by atoms with Crippen molar-refractivity contribution in [3.63, 3.8) is 0 Å². The largest absolute Gasteiger partial charge is 0.0914 e. The van der Waals surface area contributed by atoms with E-state index in [4.69, 9.17) is 0 Å². The van der Waals surface area contributed by atoms with Crippen LogP contribution >= 0.6 is 0 Å². The Morgan fingerprint density at radius 1 is 0.524 bits per heavy atom. The topological polar surface area (TPSA) is 0 Å². The SMILES string of the molecule is C/C=C/C1CCC(/C=C/C2CCC(C3CCC3)CC2)CC1. The lowest BCUT2D eigenvalue weighted by Crippen LogP contribution is -2.26. The molecule has 0 aromatic carbocycles. The van der Waals surface area contributed by atoms with Gasteiger partial charge in [0.2, 0.25) is 0 Å². The van der Waals surface area contributed by atoms with Crippen LogP contribution in [0.2, 0.25) is 0 Å². The van der Waals surface area contributed by atoms with Gasteiger partial charge in [0.15, 0.2) is 0 Å². The first-order valence-electron chi connectivity index (χ1n) is 9.66. The standard InChI is InChI=1S/C21H34/c1-2-4-17-7-9-18(10-8-17)11-12-19-13-15-21(16-14-19)20-5-3-6-20/h2,4,11-12,17-21H,3,5-10,13-16H2,1H3/b4-2+,12-11+. The monoisotopic (exact) mass is 286 g/mol. The first-order chi connectivity index (χ1) is 10.3. The second-order valence-corrected chi connectivity index (χ2v) is 7.95. The number of hydrogen-bond acceptors (Lipinski definition) is 0. The van der Waals surface area contributed by atoms with Gasteiger partial charge in [-0.25, -0.2) is 0 Å². The van der Waals surface area contributed by atoms with Gasteiger partial charge < -0.3 is 0 Å². The minimum Gasteiger partial charge on any atom is -0.0914 e. The molecule has 3 rings (SSSR count). The minimum atomic E-state index is 0.873. The number of allylic oxidation sites excluding steroid dienone is 4. The van der Waals surface area contributed by atoms with Crippen LogP contribution in [0, 0.1) is 29.6 Å². The average molecular weight is 287 g/mol. The van der Waals surface area contributed by atoms with Crippen molar-refractivity contribution in [1.82, 2.24) is 0 Å². The Morgan fingerprint density at radius 2 is 0.952 bits per heavy atom. The molecule has 0 nitrogen and oxygen atoms in total. The third-order valence-electron chi connectivity index (χ3n) is 6.57. The summed E-state index contributed by atoms with van der Waals surface area (Å²) < 4.78 is 0. The summed E-state index contributed by atoms with van der Waals surface area (Å²) in [5.74, 6) is 4.89. The fourth-order valence-corrected chi connectivity index (χ4v) is 4.84. The van der Waals surface area contributed by atoms with E-state index in [2.05, 4.69) is 31.2 Å². The molecule has 21 heavy (non-hydrogen) atoms. The summed E-state index contributed by atoms with van der Waals surface area (Å²) in [6.45, 7) is 2.16. The van der Waals surface area contributed by atoms with Gasteiger partial charge in [0.1, 0.15) is 0 Å². The van der Waals surface area contributed by atoms with Gasteiger partial charge in [-0.15, -0.1) is 0 Å². The molecule has 0 saturated heterocycles. The predicted molar refractivity (Wildman–Crippen MR) is 92.2 cm³/mol. The zero-order valence-electron chi connectivity index (χ0n) is 14.0. The highest BCUT2D eigenvalue weighted by Gasteiger charge is 2.30. The summed E-state index contributed by atoms with van der Waals surface area (Å²) >= 11 is 0. The molecule has 0 spiro atoms. The maximum Gasteiger partial charge on any atom is -0.0233 e. The van der Waals surface area contributed by atoms with E-state index in [0.717, 1.165) is 29.6 Å². The maximum atomic E-state index is 2.61. The Morgan fingerprint density at radius 3 is 1.38 bits per heavy atom. The zero-order valence-corrected chi connectivity index (χ0v) is 14.0. The molecule has 0 unspecified atom stereocenters. The molecule has 0 heterocycles. The van der Waals surface area contributed by atoms with E-state index < -0.39 is 0 Å². The van der Waals surface area contributed by atoms with Gasteiger partial charge in [-0.2, -0.15) is 0 Å². The second-order valence-electron chi connectivity index (χ2n) is 7.95. The molecule has 0 aromatic rings. The van der Waals surface area contributed by atoms with E-state index in [-0.39, 0.29) is 0 Å². The molecule has 3 aliphatic rings. The van der Waals surface area contributed by atoms with E-state index in [1.54, 1.807) is 12.8 Å². The van der Waals surface area contributed by atoms with Crippen LogP contribution < -0.4 is 0 Å². The van der Waals surface area contributed by atoms with E-state index in [0.29, 0.717) is 0 Å². The maximum absolute atomic E-state index is 2.61. The first-order valence-corrected chi connectivity index (χ1v) is 9.66. The Kier molecular flexibility index (Phi) is 5.61. The van der Waals surface area contributed by atoms with E-state index >= 15 is 0 Å². The smallest absolute Gasteiger partial charge is 0.0233 e. The van der Waals surface area contributed by atoms with Gasteiger partial charge in [-0.3, -0.25) is 0 Å². The van der Waals surface area contributed by atoms with Crippen LogP contribution in [0.3, 0.4) is 0 Å². The molecule has 118 valence electrons. The molecule has 0 heteroatoms. The summed E-state index contributed by atoms with van der Waals surface area (Å²) in [5.41, 5.74) is 0. The fraction of sp³-hybridized carbons (Fsp3) is 0.810.